The molecular formula is C15H9Cl2NS. The van der Waals surface area contributed by atoms with E-state index in [1.165, 1.54) is 0 Å². The Morgan fingerprint density at radius 1 is 0.947 bits per heavy atom. The van der Waals surface area contributed by atoms with Crippen LogP contribution in [-0.2, 0) is 0 Å². The minimum atomic E-state index is 0.618. The Morgan fingerprint density at radius 2 is 1.63 bits per heavy atom. The number of rotatable bonds is 1. The molecule has 0 fully saturated rings. The molecule has 1 N–H and O–H groups in total. The third-order valence-corrected chi connectivity index (χ3v) is 3.98. The molecule has 1 aliphatic rings. The monoisotopic (exact) mass is 305 g/mol. The maximum Gasteiger partial charge on any atom is 0.111 e. The summed E-state index contributed by atoms with van der Waals surface area (Å²) in [5.41, 5.74) is 3.83. The van der Waals surface area contributed by atoms with Crippen LogP contribution in [0, 0.1) is 0 Å². The number of hydrogen-bond donors (Lipinski definition) is 1. The van der Waals surface area contributed by atoms with Gasteiger partial charge in [-0.1, -0.05) is 59.7 Å². The van der Waals surface area contributed by atoms with Crippen LogP contribution in [0.2, 0.25) is 10.0 Å². The molecule has 1 nitrogen and oxygen atoms in total. The van der Waals surface area contributed by atoms with Gasteiger partial charge in [-0.05, 0) is 24.3 Å². The summed E-state index contributed by atoms with van der Waals surface area (Å²) >= 11 is 17.7. The van der Waals surface area contributed by atoms with Gasteiger partial charge in [-0.15, -0.1) is 0 Å². The summed E-state index contributed by atoms with van der Waals surface area (Å²) in [6, 6.07) is 13.4. The van der Waals surface area contributed by atoms with Crippen LogP contribution in [-0.4, -0.2) is 4.99 Å². The Morgan fingerprint density at radius 3 is 2.37 bits per heavy atom. The summed E-state index contributed by atoms with van der Waals surface area (Å²) in [4.78, 5) is 0.692. The van der Waals surface area contributed by atoms with Crippen LogP contribution in [0.25, 0.3) is 11.6 Å². The predicted octanol–water partition coefficient (Wildman–Crippen LogP) is 5.29. The highest BCUT2D eigenvalue weighted by molar-refractivity contribution is 7.81. The lowest BCUT2D eigenvalue weighted by Crippen LogP contribution is -2.00. The van der Waals surface area contributed by atoms with Crippen molar-refractivity contribution in [3.63, 3.8) is 0 Å². The number of nitrogens with one attached hydrogen (secondary N) is 1. The van der Waals surface area contributed by atoms with E-state index in [0.29, 0.717) is 15.0 Å². The van der Waals surface area contributed by atoms with Crippen molar-refractivity contribution < 1.29 is 0 Å². The van der Waals surface area contributed by atoms with Crippen molar-refractivity contribution in [2.24, 2.45) is 0 Å². The first-order chi connectivity index (χ1) is 9.16. The second kappa shape index (κ2) is 4.97. The van der Waals surface area contributed by atoms with Crippen LogP contribution < -0.4 is 5.32 Å². The van der Waals surface area contributed by atoms with E-state index in [4.69, 9.17) is 35.4 Å². The van der Waals surface area contributed by atoms with Gasteiger partial charge in [-0.3, -0.25) is 0 Å². The molecule has 19 heavy (non-hydrogen) atoms. The van der Waals surface area contributed by atoms with Gasteiger partial charge in [0.05, 0.1) is 0 Å². The standard InChI is InChI=1S/C15H9Cl2NS/c16-12-5-3-6-13(17)11(12)8-10-9-4-1-2-7-14(9)18-15(10)19/h1-8H,(H,18,19)/b10-8-. The topological polar surface area (TPSA) is 12.0 Å². The quantitative estimate of drug-likeness (QED) is 0.568. The maximum absolute atomic E-state index is 6.19. The van der Waals surface area contributed by atoms with Crippen LogP contribution >= 0.6 is 35.4 Å². The molecule has 94 valence electrons. The number of hydrogen-bond acceptors (Lipinski definition) is 1. The zero-order valence-electron chi connectivity index (χ0n) is 9.78. The van der Waals surface area contributed by atoms with Gasteiger partial charge >= 0.3 is 0 Å². The molecular weight excluding hydrogens is 297 g/mol. The molecule has 0 amide bonds. The normalized spacial score (nSPS) is 15.5. The summed E-state index contributed by atoms with van der Waals surface area (Å²) < 4.78 is 0. The third-order valence-electron chi connectivity index (χ3n) is 3.00. The van der Waals surface area contributed by atoms with Gasteiger partial charge in [-0.25, -0.2) is 0 Å². The molecule has 0 radical (unpaired) electrons. The third kappa shape index (κ3) is 2.27. The number of anilines is 1. The SMILES string of the molecule is S=C1Nc2ccccc2/C1=C/c1c(Cl)cccc1Cl. The van der Waals surface area contributed by atoms with Crippen molar-refractivity contribution in [3.05, 3.63) is 63.6 Å². The van der Waals surface area contributed by atoms with Crippen molar-refractivity contribution in [2.75, 3.05) is 5.32 Å². The Kier molecular flexibility index (Phi) is 3.31. The molecule has 1 heterocycles. The number of halogens is 2. The van der Waals surface area contributed by atoms with Gasteiger partial charge in [0.2, 0.25) is 0 Å². The Hall–Kier alpha value is -1.35. The number of para-hydroxylation sites is 1. The van der Waals surface area contributed by atoms with Crippen molar-refractivity contribution in [1.29, 1.82) is 0 Å². The van der Waals surface area contributed by atoms with Gasteiger partial charge in [0, 0.05) is 32.4 Å². The molecule has 0 saturated heterocycles. The molecule has 0 aliphatic carbocycles. The van der Waals surface area contributed by atoms with Gasteiger partial charge in [-0.2, -0.15) is 0 Å². The van der Waals surface area contributed by atoms with E-state index in [1.54, 1.807) is 0 Å². The summed E-state index contributed by atoms with van der Waals surface area (Å²) in [6.45, 7) is 0. The van der Waals surface area contributed by atoms with Crippen molar-refractivity contribution in [2.45, 2.75) is 0 Å². The summed E-state index contributed by atoms with van der Waals surface area (Å²) in [7, 11) is 0. The first-order valence-corrected chi connectivity index (χ1v) is 6.89. The largest absolute Gasteiger partial charge is 0.346 e. The van der Waals surface area contributed by atoms with Crippen molar-refractivity contribution in [1.82, 2.24) is 0 Å². The minimum Gasteiger partial charge on any atom is -0.346 e. The molecule has 0 atom stereocenters. The lowest BCUT2D eigenvalue weighted by atomic mass is 10.0. The van der Waals surface area contributed by atoms with E-state index in [2.05, 4.69) is 5.32 Å². The molecule has 0 aromatic heterocycles. The van der Waals surface area contributed by atoms with Crippen LogP contribution in [0.4, 0.5) is 5.69 Å². The van der Waals surface area contributed by atoms with E-state index < -0.39 is 0 Å². The first-order valence-electron chi connectivity index (χ1n) is 5.73. The highest BCUT2D eigenvalue weighted by Gasteiger charge is 2.20. The number of benzene rings is 2. The minimum absolute atomic E-state index is 0.618. The molecule has 3 rings (SSSR count). The Bertz CT molecular complexity index is 687. The van der Waals surface area contributed by atoms with Crippen LogP contribution in [0.3, 0.4) is 0 Å². The van der Waals surface area contributed by atoms with Gasteiger partial charge in [0.15, 0.2) is 0 Å². The lowest BCUT2D eigenvalue weighted by Gasteiger charge is -2.04. The smallest absolute Gasteiger partial charge is 0.111 e. The van der Waals surface area contributed by atoms with Crippen molar-refractivity contribution in [3.8, 4) is 0 Å². The van der Waals surface area contributed by atoms with Crippen molar-refractivity contribution >= 4 is 57.7 Å². The summed E-state index contributed by atoms with van der Waals surface area (Å²) in [5.74, 6) is 0. The van der Waals surface area contributed by atoms with Gasteiger partial charge in [0.1, 0.15) is 4.99 Å². The molecule has 0 saturated carbocycles. The van der Waals surface area contributed by atoms with Gasteiger partial charge < -0.3 is 5.32 Å². The first kappa shape index (κ1) is 12.7. The van der Waals surface area contributed by atoms with Crippen LogP contribution in [0.5, 0.6) is 0 Å². The number of fused-ring (bicyclic) bond motifs is 1. The fourth-order valence-corrected chi connectivity index (χ4v) is 2.86. The number of thiocarbonyl (C=S) groups is 1. The molecule has 0 unspecified atom stereocenters. The van der Waals surface area contributed by atoms with E-state index in [-0.39, 0.29) is 0 Å². The van der Waals surface area contributed by atoms with E-state index in [0.717, 1.165) is 22.4 Å². The fraction of sp³-hybridized carbons (Fsp3) is 0. The van der Waals surface area contributed by atoms with E-state index in [1.807, 2.05) is 48.5 Å². The van der Waals surface area contributed by atoms with E-state index in [9.17, 15) is 0 Å². The van der Waals surface area contributed by atoms with Gasteiger partial charge in [0.25, 0.3) is 0 Å². The summed E-state index contributed by atoms with van der Waals surface area (Å²) in [5, 5.41) is 4.42. The fourth-order valence-electron chi connectivity index (χ4n) is 2.08. The van der Waals surface area contributed by atoms with Crippen LogP contribution in [0.1, 0.15) is 11.1 Å². The van der Waals surface area contributed by atoms with E-state index >= 15 is 0 Å². The average Bonchev–Trinajstić information content (AvgIpc) is 2.70. The van der Waals surface area contributed by atoms with Crippen LogP contribution in [0.15, 0.2) is 42.5 Å². The maximum atomic E-state index is 6.19. The average molecular weight is 306 g/mol. The molecule has 1 aliphatic heterocycles. The highest BCUT2D eigenvalue weighted by atomic mass is 35.5. The molecule has 2 aromatic rings. The Balaban J connectivity index is 2.17. The zero-order chi connectivity index (χ0) is 13.4. The zero-order valence-corrected chi connectivity index (χ0v) is 12.1. The molecule has 0 spiro atoms. The predicted molar refractivity (Wildman–Crippen MR) is 87.0 cm³/mol. The molecule has 0 bridgehead atoms. The highest BCUT2D eigenvalue weighted by Crippen LogP contribution is 2.36. The molecule has 4 heteroatoms. The second-order valence-electron chi connectivity index (χ2n) is 4.19. The Labute approximate surface area is 126 Å². The lowest BCUT2D eigenvalue weighted by molar-refractivity contribution is 1.64. The molecule has 2 aromatic carbocycles. The second-order valence-corrected chi connectivity index (χ2v) is 5.42. The summed E-state index contributed by atoms with van der Waals surface area (Å²) in [6.07, 6.45) is 1.94.